The predicted octanol–water partition coefficient (Wildman–Crippen LogP) is 3.18. The van der Waals surface area contributed by atoms with Crippen LogP contribution < -0.4 is 16.4 Å². The molecule has 10 nitrogen and oxygen atoms in total. The number of ether oxygens (including phenoxy) is 1. The molecule has 4 N–H and O–H groups in total. The third-order valence-electron chi connectivity index (χ3n) is 6.07. The van der Waals surface area contributed by atoms with E-state index in [1.165, 1.54) is 28.8 Å². The van der Waals surface area contributed by atoms with Gasteiger partial charge in [0.15, 0.2) is 0 Å². The van der Waals surface area contributed by atoms with Crippen LogP contribution >= 0.6 is 15.9 Å². The zero-order chi connectivity index (χ0) is 26.0. The summed E-state index contributed by atoms with van der Waals surface area (Å²) in [5.41, 5.74) is 6.51. The van der Waals surface area contributed by atoms with Crippen LogP contribution in [0.4, 0.5) is 19.7 Å². The normalized spacial score (nSPS) is 17.1. The van der Waals surface area contributed by atoms with Crippen LogP contribution in [0.2, 0.25) is 0 Å². The molecule has 12 heteroatoms. The van der Waals surface area contributed by atoms with Gasteiger partial charge in [-0.05, 0) is 34.5 Å². The Labute approximate surface area is 213 Å². The number of primary amides is 1. The molecule has 2 atom stereocenters. The zero-order valence-corrected chi connectivity index (χ0v) is 20.7. The Morgan fingerprint density at radius 2 is 1.92 bits per heavy atom. The van der Waals surface area contributed by atoms with Gasteiger partial charge >= 0.3 is 18.0 Å². The number of anilines is 1. The van der Waals surface area contributed by atoms with Crippen molar-refractivity contribution in [1.29, 1.82) is 0 Å². The number of likely N-dealkylation sites (tertiary alicyclic amines) is 1. The largest absolute Gasteiger partial charge is 0.469 e. The average molecular weight is 560 g/mol. The molecule has 0 unspecified atom stereocenters. The summed E-state index contributed by atoms with van der Waals surface area (Å²) in [5, 5.41) is 5.93. The lowest BCUT2D eigenvalue weighted by molar-refractivity contribution is -0.144. The molecule has 2 aromatic carbocycles. The number of nitrogens with two attached hydrogens (primary N) is 1. The smallest absolute Gasteiger partial charge is 0.323 e. The first kappa shape index (κ1) is 25.2. The van der Waals surface area contributed by atoms with Gasteiger partial charge in [0.1, 0.15) is 11.9 Å². The summed E-state index contributed by atoms with van der Waals surface area (Å²) >= 11 is 3.11. The molecular weight excluding hydrogens is 537 g/mol. The minimum Gasteiger partial charge on any atom is -0.469 e. The van der Waals surface area contributed by atoms with Gasteiger partial charge < -0.3 is 26.0 Å². The number of esters is 1. The fraction of sp³-hybridized carbons (Fsp3) is 0.250. The number of nitrogens with zero attached hydrogens (tertiary/aromatic N) is 2. The first-order valence-electron chi connectivity index (χ1n) is 11.0. The molecule has 1 aliphatic heterocycles. The Morgan fingerprint density at radius 1 is 1.17 bits per heavy atom. The van der Waals surface area contributed by atoms with Crippen molar-refractivity contribution in [3.8, 4) is 0 Å². The van der Waals surface area contributed by atoms with Gasteiger partial charge in [0.05, 0.1) is 28.7 Å². The average Bonchev–Trinajstić information content (AvgIpc) is 3.47. The predicted molar refractivity (Wildman–Crippen MR) is 133 cm³/mol. The molecule has 3 aromatic rings. The van der Waals surface area contributed by atoms with E-state index < -0.39 is 41.7 Å². The Kier molecular flexibility index (Phi) is 7.25. The second kappa shape index (κ2) is 10.4. The van der Waals surface area contributed by atoms with Crippen molar-refractivity contribution in [2.45, 2.75) is 19.0 Å². The zero-order valence-electron chi connectivity index (χ0n) is 19.2. The van der Waals surface area contributed by atoms with Gasteiger partial charge in [-0.3, -0.25) is 14.2 Å². The number of fused-ring (bicyclic) bond motifs is 1. The summed E-state index contributed by atoms with van der Waals surface area (Å²) in [4.78, 5) is 51.6. The number of benzene rings is 2. The Hall–Kier alpha value is -3.93. The highest BCUT2D eigenvalue weighted by atomic mass is 79.9. The van der Waals surface area contributed by atoms with Crippen molar-refractivity contribution in [2.24, 2.45) is 11.7 Å². The number of carbonyl (C=O) groups excluding carboxylic acids is 4. The lowest BCUT2D eigenvalue weighted by atomic mass is 10.1. The number of halogens is 2. The third-order valence-corrected chi connectivity index (χ3v) is 6.69. The van der Waals surface area contributed by atoms with Gasteiger partial charge in [0.2, 0.25) is 5.91 Å². The van der Waals surface area contributed by atoms with Crippen LogP contribution in [0, 0.1) is 11.7 Å². The highest BCUT2D eigenvalue weighted by molar-refractivity contribution is 9.10. The van der Waals surface area contributed by atoms with Crippen LogP contribution in [0.15, 0.2) is 53.1 Å². The molecule has 1 saturated heterocycles. The van der Waals surface area contributed by atoms with E-state index in [1.807, 2.05) is 0 Å². The maximum absolute atomic E-state index is 14.3. The number of methoxy groups -OCH3 is 1. The molecule has 0 radical (unpaired) electrons. The molecule has 1 fully saturated rings. The Balaban J connectivity index is 1.56. The molecule has 188 valence electrons. The van der Waals surface area contributed by atoms with Gasteiger partial charge in [-0.25, -0.2) is 14.0 Å². The molecule has 0 saturated carbocycles. The van der Waals surface area contributed by atoms with Crippen LogP contribution in [-0.2, 0) is 20.9 Å². The molecule has 2 heterocycles. The molecule has 1 aromatic heterocycles. The van der Waals surface area contributed by atoms with Crippen molar-refractivity contribution in [1.82, 2.24) is 14.8 Å². The van der Waals surface area contributed by atoms with E-state index in [1.54, 1.807) is 36.4 Å². The molecule has 0 bridgehead atoms. The van der Waals surface area contributed by atoms with E-state index in [0.29, 0.717) is 16.6 Å². The van der Waals surface area contributed by atoms with Gasteiger partial charge in [0, 0.05) is 30.2 Å². The molecule has 0 spiro atoms. The van der Waals surface area contributed by atoms with Crippen LogP contribution in [0.3, 0.4) is 0 Å². The molecule has 1 aliphatic rings. The summed E-state index contributed by atoms with van der Waals surface area (Å²) in [6.45, 7) is -0.165. The second-order valence-corrected chi connectivity index (χ2v) is 9.11. The quantitative estimate of drug-likeness (QED) is 0.412. The third kappa shape index (κ3) is 4.89. The van der Waals surface area contributed by atoms with E-state index in [2.05, 4.69) is 26.6 Å². The fourth-order valence-electron chi connectivity index (χ4n) is 4.28. The Morgan fingerprint density at radius 3 is 2.64 bits per heavy atom. The van der Waals surface area contributed by atoms with Crippen LogP contribution in [0.25, 0.3) is 10.9 Å². The van der Waals surface area contributed by atoms with Crippen molar-refractivity contribution < 1.29 is 28.3 Å². The standard InChI is InChI=1S/C24H23BrFN5O5/c1-36-22(33)14-9-19(21(32)28-10-13-5-4-7-16(25)20(13)26)31(11-14)24(35)29-17-12-30(23(27)34)18-8-3-2-6-15(17)18/h2-8,12,14,19H,9-11H2,1H3,(H2,27,34)(H,28,32)(H,29,35)/t14-,19-/m0/s1. The van der Waals surface area contributed by atoms with Gasteiger partial charge in [-0.1, -0.05) is 30.3 Å². The first-order valence-corrected chi connectivity index (χ1v) is 11.8. The van der Waals surface area contributed by atoms with E-state index in [-0.39, 0.29) is 29.5 Å². The maximum Gasteiger partial charge on any atom is 0.323 e. The van der Waals surface area contributed by atoms with E-state index in [0.717, 1.165) is 0 Å². The second-order valence-electron chi connectivity index (χ2n) is 8.25. The number of rotatable bonds is 5. The molecule has 4 rings (SSSR count). The number of urea groups is 1. The number of amides is 4. The summed E-state index contributed by atoms with van der Waals surface area (Å²) in [6.07, 6.45) is 1.43. The molecular formula is C24H23BrFN5O5. The topological polar surface area (TPSA) is 136 Å². The summed E-state index contributed by atoms with van der Waals surface area (Å²) < 4.78 is 20.6. The van der Waals surface area contributed by atoms with Crippen LogP contribution in [0.1, 0.15) is 12.0 Å². The van der Waals surface area contributed by atoms with E-state index >= 15 is 0 Å². The van der Waals surface area contributed by atoms with Crippen molar-refractivity contribution in [2.75, 3.05) is 19.0 Å². The molecule has 36 heavy (non-hydrogen) atoms. The minimum atomic E-state index is -1.01. The molecule has 0 aliphatic carbocycles. The van der Waals surface area contributed by atoms with Gasteiger partial charge in [-0.2, -0.15) is 0 Å². The van der Waals surface area contributed by atoms with Gasteiger partial charge in [-0.15, -0.1) is 0 Å². The van der Waals surface area contributed by atoms with E-state index in [4.69, 9.17) is 10.5 Å². The first-order chi connectivity index (χ1) is 17.2. The molecule has 4 amide bonds. The summed E-state index contributed by atoms with van der Waals surface area (Å²) in [6, 6.07) is 9.18. The van der Waals surface area contributed by atoms with Crippen molar-refractivity contribution in [3.63, 3.8) is 0 Å². The number of para-hydroxylation sites is 1. The maximum atomic E-state index is 14.3. The minimum absolute atomic E-state index is 0.0376. The number of hydrogen-bond acceptors (Lipinski definition) is 5. The number of nitrogens with one attached hydrogen (secondary N) is 2. The highest BCUT2D eigenvalue weighted by Gasteiger charge is 2.43. The number of carbonyl (C=O) groups is 4. The fourth-order valence-corrected chi connectivity index (χ4v) is 4.69. The monoisotopic (exact) mass is 559 g/mol. The highest BCUT2D eigenvalue weighted by Crippen LogP contribution is 2.29. The lowest BCUT2D eigenvalue weighted by Gasteiger charge is -2.24. The summed E-state index contributed by atoms with van der Waals surface area (Å²) in [7, 11) is 1.23. The summed E-state index contributed by atoms with van der Waals surface area (Å²) in [5.74, 6) is -2.31. The van der Waals surface area contributed by atoms with Gasteiger partial charge in [0.25, 0.3) is 0 Å². The van der Waals surface area contributed by atoms with Crippen molar-refractivity contribution in [3.05, 3.63) is 64.5 Å². The van der Waals surface area contributed by atoms with Crippen LogP contribution in [-0.4, -0.2) is 53.1 Å². The lowest BCUT2D eigenvalue weighted by Crippen LogP contribution is -2.47. The van der Waals surface area contributed by atoms with Crippen LogP contribution in [0.5, 0.6) is 0 Å². The van der Waals surface area contributed by atoms with Crippen molar-refractivity contribution >= 4 is 56.5 Å². The number of aromatic nitrogens is 1. The van der Waals surface area contributed by atoms with E-state index in [9.17, 15) is 23.6 Å². The number of hydrogen-bond donors (Lipinski definition) is 3. The SMILES string of the molecule is COC(=O)[C@H]1C[C@@H](C(=O)NCc2cccc(Br)c2F)N(C(=O)Nc2cn(C(N)=O)c3ccccc23)C1. The Bertz CT molecular complexity index is 1360.